The summed E-state index contributed by atoms with van der Waals surface area (Å²) in [6.07, 6.45) is 1.85. The van der Waals surface area contributed by atoms with Crippen LogP contribution >= 0.6 is 0 Å². The minimum Gasteiger partial charge on any atom is -0.497 e. The Labute approximate surface area is 148 Å². The van der Waals surface area contributed by atoms with Crippen molar-refractivity contribution in [1.29, 1.82) is 5.26 Å². The second-order valence-electron chi connectivity index (χ2n) is 5.57. The lowest BCUT2D eigenvalue weighted by Gasteiger charge is -2.11. The van der Waals surface area contributed by atoms with Crippen LogP contribution in [0.4, 0.5) is 0 Å². The molecular formula is C17H14N6O3. The zero-order valence-corrected chi connectivity index (χ0v) is 14.1. The van der Waals surface area contributed by atoms with Crippen molar-refractivity contribution in [3.8, 4) is 23.2 Å². The van der Waals surface area contributed by atoms with E-state index in [1.807, 2.05) is 16.7 Å². The van der Waals surface area contributed by atoms with Gasteiger partial charge in [0, 0.05) is 12.5 Å². The molecule has 130 valence electrons. The van der Waals surface area contributed by atoms with Crippen molar-refractivity contribution in [1.82, 2.24) is 24.5 Å². The number of esters is 1. The van der Waals surface area contributed by atoms with E-state index < -0.39 is 5.97 Å². The molecule has 0 radical (unpaired) electrons. The molecule has 26 heavy (non-hydrogen) atoms. The molecule has 0 saturated carbocycles. The fourth-order valence-electron chi connectivity index (χ4n) is 3.02. The molecule has 1 aliphatic heterocycles. The molecule has 0 amide bonds. The number of imidazole rings is 1. The van der Waals surface area contributed by atoms with Crippen LogP contribution in [0.3, 0.4) is 0 Å². The molecule has 9 heteroatoms. The van der Waals surface area contributed by atoms with Crippen molar-refractivity contribution in [3.63, 3.8) is 0 Å². The van der Waals surface area contributed by atoms with Crippen molar-refractivity contribution in [2.24, 2.45) is 0 Å². The van der Waals surface area contributed by atoms with Crippen molar-refractivity contribution in [3.05, 3.63) is 47.3 Å². The number of nitrogens with zero attached hydrogens (tertiary/aromatic N) is 6. The number of benzene rings is 1. The predicted octanol–water partition coefficient (Wildman–Crippen LogP) is 1.41. The molecule has 1 aromatic carbocycles. The van der Waals surface area contributed by atoms with Gasteiger partial charge in [-0.05, 0) is 19.1 Å². The first kappa shape index (κ1) is 15.8. The topological polar surface area (TPSA) is 108 Å². The fourth-order valence-corrected chi connectivity index (χ4v) is 3.02. The molecule has 2 aromatic heterocycles. The Morgan fingerprint density at radius 1 is 1.35 bits per heavy atom. The number of carbonyl (C=O) groups excluding carboxylic acids is 1. The van der Waals surface area contributed by atoms with Gasteiger partial charge in [0.05, 0.1) is 36.5 Å². The number of nitriles is 1. The first-order valence-electron chi connectivity index (χ1n) is 7.94. The molecule has 0 bridgehead atoms. The Bertz CT molecular complexity index is 1060. The maximum absolute atomic E-state index is 12.3. The summed E-state index contributed by atoms with van der Waals surface area (Å²) in [5, 5.41) is 17.5. The van der Waals surface area contributed by atoms with E-state index in [1.165, 1.54) is 0 Å². The van der Waals surface area contributed by atoms with Crippen LogP contribution in [0.1, 0.15) is 34.5 Å². The highest BCUT2D eigenvalue weighted by Gasteiger charge is 2.29. The number of fused-ring (bicyclic) bond motifs is 5. The third-order valence-corrected chi connectivity index (χ3v) is 4.21. The van der Waals surface area contributed by atoms with Crippen LogP contribution in [0.2, 0.25) is 0 Å². The van der Waals surface area contributed by atoms with E-state index in [1.54, 1.807) is 31.1 Å². The van der Waals surface area contributed by atoms with E-state index in [4.69, 9.17) is 9.47 Å². The molecule has 3 aromatic rings. The number of carbonyl (C=O) groups is 1. The van der Waals surface area contributed by atoms with Gasteiger partial charge < -0.3 is 9.47 Å². The third kappa shape index (κ3) is 2.23. The number of ether oxygens (including phenoxy) is 2. The highest BCUT2D eigenvalue weighted by molar-refractivity contribution is 5.88. The normalized spacial score (nSPS) is 11.6. The number of methoxy groups -OCH3 is 1. The molecule has 0 aliphatic carbocycles. The van der Waals surface area contributed by atoms with Crippen molar-refractivity contribution in [2.75, 3.05) is 13.7 Å². The molecule has 0 fully saturated rings. The first-order valence-corrected chi connectivity index (χ1v) is 7.94. The minimum atomic E-state index is -0.551. The predicted molar refractivity (Wildman–Crippen MR) is 88.5 cm³/mol. The van der Waals surface area contributed by atoms with Gasteiger partial charge in [-0.3, -0.25) is 4.57 Å². The zero-order chi connectivity index (χ0) is 18.3. The van der Waals surface area contributed by atoms with E-state index in [0.29, 0.717) is 22.8 Å². The molecule has 1 aliphatic rings. The summed E-state index contributed by atoms with van der Waals surface area (Å²) in [5.41, 5.74) is 3.03. The molecule has 9 nitrogen and oxygen atoms in total. The average Bonchev–Trinajstić information content (AvgIpc) is 3.23. The smallest absolute Gasteiger partial charge is 0.360 e. The van der Waals surface area contributed by atoms with Crippen LogP contribution in [0.25, 0.3) is 11.4 Å². The average molecular weight is 350 g/mol. The maximum Gasteiger partial charge on any atom is 0.360 e. The van der Waals surface area contributed by atoms with E-state index in [-0.39, 0.29) is 24.4 Å². The molecule has 3 heterocycles. The summed E-state index contributed by atoms with van der Waals surface area (Å²) >= 11 is 0. The second kappa shape index (κ2) is 6.00. The van der Waals surface area contributed by atoms with Crippen molar-refractivity contribution >= 4 is 5.97 Å². The number of aromatic nitrogens is 5. The minimum absolute atomic E-state index is 0.124. The van der Waals surface area contributed by atoms with Gasteiger partial charge in [0.2, 0.25) is 0 Å². The monoisotopic (exact) mass is 350 g/mol. The maximum atomic E-state index is 12.3. The quantitative estimate of drug-likeness (QED) is 0.514. The first-order chi connectivity index (χ1) is 12.7. The molecule has 0 unspecified atom stereocenters. The Morgan fingerprint density at radius 3 is 2.92 bits per heavy atom. The van der Waals surface area contributed by atoms with E-state index in [2.05, 4.69) is 21.4 Å². The molecule has 0 N–H and O–H groups in total. The lowest BCUT2D eigenvalue weighted by molar-refractivity contribution is 0.0518. The molecule has 0 spiro atoms. The SMILES string of the molecule is CCOC(=O)c1nnn2c1Cc1c(C#N)ncn1-c1ccc(OC)cc1-2. The van der Waals surface area contributed by atoms with Crippen LogP contribution in [0.5, 0.6) is 5.75 Å². The van der Waals surface area contributed by atoms with Gasteiger partial charge in [0.15, 0.2) is 11.4 Å². The van der Waals surface area contributed by atoms with Crippen LogP contribution in [-0.4, -0.2) is 44.2 Å². The van der Waals surface area contributed by atoms with E-state index >= 15 is 0 Å². The molecule has 0 atom stereocenters. The van der Waals surface area contributed by atoms with E-state index in [0.717, 1.165) is 5.69 Å². The van der Waals surface area contributed by atoms with Gasteiger partial charge in [0.1, 0.15) is 18.1 Å². The Balaban J connectivity index is 2.01. The van der Waals surface area contributed by atoms with Gasteiger partial charge >= 0.3 is 5.97 Å². The van der Waals surface area contributed by atoms with Gasteiger partial charge in [0.25, 0.3) is 0 Å². The largest absolute Gasteiger partial charge is 0.497 e. The zero-order valence-electron chi connectivity index (χ0n) is 14.1. The highest BCUT2D eigenvalue weighted by Crippen LogP contribution is 2.32. The van der Waals surface area contributed by atoms with Crippen LogP contribution < -0.4 is 4.74 Å². The van der Waals surface area contributed by atoms with Gasteiger partial charge in [-0.1, -0.05) is 5.21 Å². The molecule has 0 saturated heterocycles. The number of hydrogen-bond acceptors (Lipinski definition) is 7. The van der Waals surface area contributed by atoms with Crippen molar-refractivity contribution in [2.45, 2.75) is 13.3 Å². The summed E-state index contributed by atoms with van der Waals surface area (Å²) in [7, 11) is 1.57. The van der Waals surface area contributed by atoms with Gasteiger partial charge in [-0.15, -0.1) is 5.10 Å². The summed E-state index contributed by atoms with van der Waals surface area (Å²) in [5.74, 6) is 0.0802. The summed E-state index contributed by atoms with van der Waals surface area (Å²) in [6, 6.07) is 7.54. The Kier molecular flexibility index (Phi) is 3.65. The van der Waals surface area contributed by atoms with E-state index in [9.17, 15) is 10.1 Å². The van der Waals surface area contributed by atoms with Crippen LogP contribution in [0.15, 0.2) is 24.5 Å². The van der Waals surface area contributed by atoms with Crippen molar-refractivity contribution < 1.29 is 14.3 Å². The lowest BCUT2D eigenvalue weighted by Crippen LogP contribution is -2.10. The second-order valence-corrected chi connectivity index (χ2v) is 5.57. The van der Waals surface area contributed by atoms with Crippen LogP contribution in [-0.2, 0) is 11.2 Å². The molecular weight excluding hydrogens is 336 g/mol. The Morgan fingerprint density at radius 2 is 2.19 bits per heavy atom. The molecule has 4 rings (SSSR count). The summed E-state index contributed by atoms with van der Waals surface area (Å²) < 4.78 is 13.8. The third-order valence-electron chi connectivity index (χ3n) is 4.21. The summed E-state index contributed by atoms with van der Waals surface area (Å²) in [6.45, 7) is 1.96. The number of hydrogen-bond donors (Lipinski definition) is 0. The Hall–Kier alpha value is -3.67. The standard InChI is InChI=1S/C17H14N6O3/c1-3-26-17(24)16-15-7-13-11(8-18)19-9-22(13)12-5-4-10(25-2)6-14(12)23(15)21-20-16/h4-6,9H,3,7H2,1-2H3. The van der Waals surface area contributed by atoms with Crippen LogP contribution in [0, 0.1) is 11.3 Å². The highest BCUT2D eigenvalue weighted by atomic mass is 16.5. The van der Waals surface area contributed by atoms with Gasteiger partial charge in [-0.2, -0.15) is 5.26 Å². The fraction of sp³-hybridized carbons (Fsp3) is 0.235. The summed E-state index contributed by atoms with van der Waals surface area (Å²) in [4.78, 5) is 16.5. The lowest BCUT2D eigenvalue weighted by atomic mass is 10.1. The van der Waals surface area contributed by atoms with Gasteiger partial charge in [-0.25, -0.2) is 14.5 Å². The number of rotatable bonds is 3.